The van der Waals surface area contributed by atoms with Gasteiger partial charge in [0.15, 0.2) is 5.78 Å². The Morgan fingerprint density at radius 3 is 2.40 bits per heavy atom. The average molecular weight is 522 g/mol. The molecule has 9 heteroatoms. The van der Waals surface area contributed by atoms with Crippen molar-refractivity contribution in [3.05, 3.63) is 64.7 Å². The molecular weight excluding hydrogens is 486 g/mol. The fourth-order valence-electron chi connectivity index (χ4n) is 4.58. The predicted molar refractivity (Wildman–Crippen MR) is 140 cm³/mol. The maximum atomic E-state index is 13.2. The van der Waals surface area contributed by atoms with Crippen molar-refractivity contribution < 1.29 is 17.9 Å². The van der Waals surface area contributed by atoms with Crippen LogP contribution in [-0.4, -0.2) is 74.9 Å². The van der Waals surface area contributed by atoms with Crippen LogP contribution in [0.25, 0.3) is 0 Å². The lowest BCUT2D eigenvalue weighted by molar-refractivity contribution is -0.0440. The normalized spacial score (nSPS) is 20.2. The van der Waals surface area contributed by atoms with Crippen molar-refractivity contribution in [3.8, 4) is 0 Å². The zero-order valence-electron chi connectivity index (χ0n) is 20.9. The lowest BCUT2D eigenvalue weighted by Gasteiger charge is -2.34. The minimum absolute atomic E-state index is 0.0171. The van der Waals surface area contributed by atoms with E-state index in [9.17, 15) is 13.2 Å². The second kappa shape index (κ2) is 12.4. The highest BCUT2D eigenvalue weighted by atomic mass is 35.5. The number of ether oxygens (including phenoxy) is 1. The van der Waals surface area contributed by atoms with Crippen LogP contribution in [0.15, 0.2) is 53.4 Å². The highest BCUT2D eigenvalue weighted by molar-refractivity contribution is 7.89. The minimum atomic E-state index is -3.72. The van der Waals surface area contributed by atoms with Gasteiger partial charge >= 0.3 is 0 Å². The quantitative estimate of drug-likeness (QED) is 0.450. The number of rotatable bonds is 11. The summed E-state index contributed by atoms with van der Waals surface area (Å²) in [5, 5.41) is 3.96. The van der Waals surface area contributed by atoms with Crippen molar-refractivity contribution in [1.29, 1.82) is 0 Å². The molecule has 1 heterocycles. The number of likely N-dealkylation sites (N-methyl/N-ethyl adjacent to an activating group) is 1. The van der Waals surface area contributed by atoms with E-state index in [1.165, 1.54) is 16.4 Å². The number of carbonyl (C=O) groups excluding carboxylic acids is 1. The highest BCUT2D eigenvalue weighted by Crippen LogP contribution is 2.27. The van der Waals surface area contributed by atoms with Crippen LogP contribution in [-0.2, 0) is 14.8 Å². The summed E-state index contributed by atoms with van der Waals surface area (Å²) in [7, 11) is -3.72. The second-order valence-electron chi connectivity index (χ2n) is 8.92. The second-order valence-corrected chi connectivity index (χ2v) is 11.3. The van der Waals surface area contributed by atoms with Gasteiger partial charge in [0.1, 0.15) is 0 Å². The first-order chi connectivity index (χ1) is 16.7. The van der Waals surface area contributed by atoms with Gasteiger partial charge in [-0.15, -0.1) is 0 Å². The first-order valence-corrected chi connectivity index (χ1v) is 14.0. The Bertz CT molecular complexity index is 1100. The molecule has 2 aromatic rings. The van der Waals surface area contributed by atoms with Crippen LogP contribution in [0.3, 0.4) is 0 Å². The van der Waals surface area contributed by atoms with Crippen molar-refractivity contribution >= 4 is 27.4 Å². The molecule has 7 nitrogen and oxygen atoms in total. The van der Waals surface area contributed by atoms with Crippen molar-refractivity contribution in [2.24, 2.45) is 0 Å². The summed E-state index contributed by atoms with van der Waals surface area (Å²) in [4.78, 5) is 15.4. The SMILES string of the molecule is CCN(CC)C(CNCC(=O)c1cccc(S(=O)(=O)N2CC(C)OC(C)C2)c1)c1ccccc1Cl. The fourth-order valence-corrected chi connectivity index (χ4v) is 6.47. The van der Waals surface area contributed by atoms with E-state index in [4.69, 9.17) is 16.3 Å². The molecule has 1 aliphatic rings. The Hall–Kier alpha value is -1.81. The Labute approximate surface area is 214 Å². The van der Waals surface area contributed by atoms with Crippen LogP contribution in [0.2, 0.25) is 5.02 Å². The molecule has 0 amide bonds. The van der Waals surface area contributed by atoms with E-state index in [1.54, 1.807) is 12.1 Å². The fraction of sp³-hybridized carbons (Fsp3) is 0.500. The van der Waals surface area contributed by atoms with Crippen LogP contribution >= 0.6 is 11.6 Å². The lowest BCUT2D eigenvalue weighted by Crippen LogP contribution is -2.48. The van der Waals surface area contributed by atoms with E-state index in [0.717, 1.165) is 18.7 Å². The third kappa shape index (κ3) is 6.90. The Balaban J connectivity index is 1.70. The molecule has 0 aromatic heterocycles. The van der Waals surface area contributed by atoms with Gasteiger partial charge in [-0.25, -0.2) is 8.42 Å². The molecule has 0 bridgehead atoms. The van der Waals surface area contributed by atoms with Gasteiger partial charge in [0.05, 0.1) is 23.6 Å². The van der Waals surface area contributed by atoms with Gasteiger partial charge < -0.3 is 10.1 Å². The number of ketones is 1. The van der Waals surface area contributed by atoms with Crippen LogP contribution in [0, 0.1) is 0 Å². The third-order valence-electron chi connectivity index (χ3n) is 6.32. The summed E-state index contributed by atoms with van der Waals surface area (Å²) in [6.45, 7) is 10.8. The number of halogens is 1. The maximum Gasteiger partial charge on any atom is 0.243 e. The molecule has 2 aromatic carbocycles. The zero-order chi connectivity index (χ0) is 25.6. The number of benzene rings is 2. The number of sulfonamides is 1. The van der Waals surface area contributed by atoms with E-state index in [1.807, 2.05) is 38.1 Å². The molecule has 0 aliphatic carbocycles. The molecule has 0 saturated carbocycles. The molecule has 3 unspecified atom stereocenters. The minimum Gasteiger partial charge on any atom is -0.373 e. The first-order valence-electron chi connectivity index (χ1n) is 12.1. The molecule has 1 aliphatic heterocycles. The number of morpholine rings is 1. The molecule has 0 radical (unpaired) electrons. The molecule has 3 atom stereocenters. The van der Waals surface area contributed by atoms with Crippen molar-refractivity contribution in [2.45, 2.75) is 50.8 Å². The summed E-state index contributed by atoms with van der Waals surface area (Å²) in [6.07, 6.45) is -0.362. The van der Waals surface area contributed by atoms with E-state index in [0.29, 0.717) is 30.2 Å². The molecule has 1 fully saturated rings. The van der Waals surface area contributed by atoms with Gasteiger partial charge in [-0.2, -0.15) is 4.31 Å². The van der Waals surface area contributed by atoms with Crippen LogP contribution < -0.4 is 5.32 Å². The number of carbonyl (C=O) groups is 1. The zero-order valence-corrected chi connectivity index (χ0v) is 22.5. The number of Topliss-reactive ketones (excluding diaryl/α,β-unsaturated/α-hetero) is 1. The van der Waals surface area contributed by atoms with Gasteiger partial charge in [-0.3, -0.25) is 9.69 Å². The average Bonchev–Trinajstić information content (AvgIpc) is 2.83. The molecule has 3 rings (SSSR count). The van der Waals surface area contributed by atoms with Gasteiger partial charge in [-0.05, 0) is 50.7 Å². The first kappa shape index (κ1) is 27.8. The largest absolute Gasteiger partial charge is 0.373 e. The van der Waals surface area contributed by atoms with E-state index in [2.05, 4.69) is 24.1 Å². The lowest BCUT2D eigenvalue weighted by atomic mass is 10.0. The van der Waals surface area contributed by atoms with Crippen molar-refractivity contribution in [3.63, 3.8) is 0 Å². The monoisotopic (exact) mass is 521 g/mol. The summed E-state index contributed by atoms with van der Waals surface area (Å²) in [6, 6.07) is 14.1. The van der Waals surface area contributed by atoms with E-state index >= 15 is 0 Å². The molecule has 1 saturated heterocycles. The highest BCUT2D eigenvalue weighted by Gasteiger charge is 2.32. The summed E-state index contributed by atoms with van der Waals surface area (Å²) in [5.74, 6) is -0.164. The number of nitrogens with one attached hydrogen (secondary N) is 1. The molecule has 1 N–H and O–H groups in total. The molecule has 35 heavy (non-hydrogen) atoms. The smallest absolute Gasteiger partial charge is 0.243 e. The Morgan fingerprint density at radius 1 is 1.11 bits per heavy atom. The third-order valence-corrected chi connectivity index (χ3v) is 8.49. The number of nitrogens with zero attached hydrogens (tertiary/aromatic N) is 2. The van der Waals surface area contributed by atoms with Crippen LogP contribution in [0.1, 0.15) is 49.7 Å². The predicted octanol–water partition coefficient (Wildman–Crippen LogP) is 3.99. The summed E-state index contributed by atoms with van der Waals surface area (Å²) >= 11 is 6.47. The van der Waals surface area contributed by atoms with Gasteiger partial charge in [0.2, 0.25) is 10.0 Å². The maximum absolute atomic E-state index is 13.2. The molecule has 0 spiro atoms. The van der Waals surface area contributed by atoms with Crippen LogP contribution in [0.5, 0.6) is 0 Å². The van der Waals surface area contributed by atoms with Crippen molar-refractivity contribution in [1.82, 2.24) is 14.5 Å². The van der Waals surface area contributed by atoms with Gasteiger partial charge in [0.25, 0.3) is 0 Å². The van der Waals surface area contributed by atoms with Gasteiger partial charge in [0, 0.05) is 36.3 Å². The number of hydrogen-bond donors (Lipinski definition) is 1. The van der Waals surface area contributed by atoms with E-state index < -0.39 is 10.0 Å². The van der Waals surface area contributed by atoms with Crippen LogP contribution in [0.4, 0.5) is 0 Å². The standard InChI is InChI=1S/C26H36ClN3O4S/c1-5-29(6-2)25(23-12-7-8-13-24(23)27)15-28-16-26(31)21-10-9-11-22(14-21)35(32,33)30-17-19(3)34-20(4)18-30/h7-14,19-20,25,28H,5-6,15-18H2,1-4H3. The number of hydrogen-bond acceptors (Lipinski definition) is 6. The summed E-state index contributed by atoms with van der Waals surface area (Å²) < 4.78 is 33.5. The molecular formula is C26H36ClN3O4S. The Morgan fingerprint density at radius 2 is 1.77 bits per heavy atom. The Kier molecular flexibility index (Phi) is 9.86. The van der Waals surface area contributed by atoms with Crippen molar-refractivity contribution in [2.75, 3.05) is 39.3 Å². The topological polar surface area (TPSA) is 79.0 Å². The molecule has 192 valence electrons. The van der Waals surface area contributed by atoms with Gasteiger partial charge in [-0.1, -0.05) is 55.8 Å². The summed E-state index contributed by atoms with van der Waals surface area (Å²) in [5.41, 5.74) is 1.38. The van der Waals surface area contributed by atoms with E-state index in [-0.39, 0.29) is 35.5 Å².